The van der Waals surface area contributed by atoms with Crippen molar-refractivity contribution in [3.05, 3.63) is 60.0 Å². The summed E-state index contributed by atoms with van der Waals surface area (Å²) in [5.74, 6) is 1.02. The second-order valence-corrected chi connectivity index (χ2v) is 6.86. The minimum Gasteiger partial charge on any atom is -0.493 e. The van der Waals surface area contributed by atoms with E-state index >= 15 is 0 Å². The smallest absolute Gasteiger partial charge is 0.418 e. The van der Waals surface area contributed by atoms with Gasteiger partial charge in [0.15, 0.2) is 24.1 Å². The van der Waals surface area contributed by atoms with Gasteiger partial charge in [-0.2, -0.15) is 4.98 Å². The first-order valence-electron chi connectivity index (χ1n) is 9.81. The molecule has 0 bridgehead atoms. The number of carbonyl (C=O) groups excluding carboxylic acids is 2. The van der Waals surface area contributed by atoms with Crippen molar-refractivity contribution in [2.75, 3.05) is 13.7 Å². The Morgan fingerprint density at radius 2 is 1.90 bits per heavy atom. The number of amides is 1. The summed E-state index contributed by atoms with van der Waals surface area (Å²) in [6.45, 7) is 2.38. The molecule has 1 atom stereocenters. The largest absolute Gasteiger partial charge is 0.493 e. The fourth-order valence-electron chi connectivity index (χ4n) is 3.34. The molecule has 160 valence electrons. The average molecular weight is 423 g/mol. The van der Waals surface area contributed by atoms with Gasteiger partial charge in [-0.15, -0.1) is 0 Å². The number of ether oxygens (including phenoxy) is 3. The molecule has 9 heteroatoms. The van der Waals surface area contributed by atoms with E-state index in [1.165, 1.54) is 12.0 Å². The van der Waals surface area contributed by atoms with E-state index < -0.39 is 18.1 Å². The SMILES string of the molecule is CCCN1C(=O)OC(=O)C1c1ccc(OCc2nc(-c3ccccc3)no2)c(OC)c1. The van der Waals surface area contributed by atoms with Crippen LogP contribution in [0.1, 0.15) is 30.8 Å². The summed E-state index contributed by atoms with van der Waals surface area (Å²) in [7, 11) is 1.49. The zero-order valence-electron chi connectivity index (χ0n) is 17.1. The van der Waals surface area contributed by atoms with Gasteiger partial charge in [-0.1, -0.05) is 48.5 Å². The summed E-state index contributed by atoms with van der Waals surface area (Å²) in [6, 6.07) is 13.7. The third-order valence-electron chi connectivity index (χ3n) is 4.78. The van der Waals surface area contributed by atoms with Gasteiger partial charge >= 0.3 is 12.1 Å². The van der Waals surface area contributed by atoms with Crippen molar-refractivity contribution in [3.8, 4) is 22.9 Å². The van der Waals surface area contributed by atoms with Crippen molar-refractivity contribution >= 4 is 12.1 Å². The predicted octanol–water partition coefficient (Wildman–Crippen LogP) is 3.75. The Morgan fingerprint density at radius 3 is 2.65 bits per heavy atom. The average Bonchev–Trinajstić information content (AvgIpc) is 3.37. The zero-order chi connectivity index (χ0) is 21.8. The van der Waals surface area contributed by atoms with Crippen LogP contribution in [-0.4, -0.2) is 40.8 Å². The summed E-state index contributed by atoms with van der Waals surface area (Å²) in [6.07, 6.45) is 0.0635. The van der Waals surface area contributed by atoms with Gasteiger partial charge in [0.05, 0.1) is 7.11 Å². The monoisotopic (exact) mass is 423 g/mol. The molecule has 0 spiro atoms. The van der Waals surface area contributed by atoms with Gasteiger partial charge in [0.1, 0.15) is 0 Å². The van der Waals surface area contributed by atoms with Crippen LogP contribution in [0.2, 0.25) is 0 Å². The molecule has 0 aliphatic carbocycles. The lowest BCUT2D eigenvalue weighted by Gasteiger charge is -2.20. The topological polar surface area (TPSA) is 104 Å². The molecular weight excluding hydrogens is 402 g/mol. The molecule has 2 heterocycles. The molecule has 1 aromatic heterocycles. The predicted molar refractivity (Wildman–Crippen MR) is 108 cm³/mol. The fourth-order valence-corrected chi connectivity index (χ4v) is 3.34. The summed E-state index contributed by atoms with van der Waals surface area (Å²) >= 11 is 0. The second kappa shape index (κ2) is 8.86. The molecule has 4 rings (SSSR count). The molecule has 2 aromatic carbocycles. The maximum absolute atomic E-state index is 12.2. The number of rotatable bonds is 8. The third-order valence-corrected chi connectivity index (χ3v) is 4.78. The Labute approximate surface area is 178 Å². The number of cyclic esters (lactones) is 2. The summed E-state index contributed by atoms with van der Waals surface area (Å²) < 4.78 is 21.2. The van der Waals surface area contributed by atoms with Gasteiger partial charge < -0.3 is 18.7 Å². The zero-order valence-corrected chi connectivity index (χ0v) is 17.1. The van der Waals surface area contributed by atoms with Crippen LogP contribution in [0.25, 0.3) is 11.4 Å². The Bertz CT molecular complexity index is 1080. The molecule has 1 amide bonds. The summed E-state index contributed by atoms with van der Waals surface area (Å²) in [4.78, 5) is 29.9. The maximum Gasteiger partial charge on any atom is 0.418 e. The van der Waals surface area contributed by atoms with Gasteiger partial charge in [-0.05, 0) is 24.1 Å². The van der Waals surface area contributed by atoms with Crippen LogP contribution in [0.5, 0.6) is 11.5 Å². The molecule has 1 saturated heterocycles. The Morgan fingerprint density at radius 1 is 1.10 bits per heavy atom. The first-order chi connectivity index (χ1) is 15.1. The van der Waals surface area contributed by atoms with Crippen LogP contribution in [0.15, 0.2) is 53.1 Å². The second-order valence-electron chi connectivity index (χ2n) is 6.86. The number of aromatic nitrogens is 2. The van der Waals surface area contributed by atoms with E-state index in [2.05, 4.69) is 10.1 Å². The normalized spacial score (nSPS) is 15.8. The molecular formula is C22H21N3O6. The minimum atomic E-state index is -0.806. The summed E-state index contributed by atoms with van der Waals surface area (Å²) in [5.41, 5.74) is 1.42. The lowest BCUT2D eigenvalue weighted by Crippen LogP contribution is -2.29. The number of benzene rings is 2. The fraction of sp³-hybridized carbons (Fsp3) is 0.273. The standard InChI is InChI=1S/C22H21N3O6/c1-3-11-25-19(21(26)30-22(25)27)15-9-10-16(17(12-15)28-2)29-13-18-23-20(24-31-18)14-7-5-4-6-8-14/h4-10,12,19H,3,11,13H2,1-2H3. The van der Waals surface area contributed by atoms with E-state index in [-0.39, 0.29) is 6.61 Å². The molecule has 0 N–H and O–H groups in total. The van der Waals surface area contributed by atoms with E-state index in [0.717, 1.165) is 5.56 Å². The highest BCUT2D eigenvalue weighted by Crippen LogP contribution is 2.35. The van der Waals surface area contributed by atoms with E-state index in [0.29, 0.717) is 41.7 Å². The molecule has 31 heavy (non-hydrogen) atoms. The number of hydrogen-bond donors (Lipinski definition) is 0. The molecule has 1 aliphatic rings. The maximum atomic E-state index is 12.2. The Balaban J connectivity index is 1.49. The third kappa shape index (κ3) is 4.20. The first kappa shape index (κ1) is 20.4. The molecule has 1 fully saturated rings. The van der Waals surface area contributed by atoms with Crippen molar-refractivity contribution in [2.24, 2.45) is 0 Å². The van der Waals surface area contributed by atoms with E-state index in [4.69, 9.17) is 18.7 Å². The highest BCUT2D eigenvalue weighted by Gasteiger charge is 2.41. The van der Waals surface area contributed by atoms with Crippen LogP contribution in [0, 0.1) is 0 Å². The van der Waals surface area contributed by atoms with Crippen molar-refractivity contribution in [1.29, 1.82) is 0 Å². The van der Waals surface area contributed by atoms with Crippen molar-refractivity contribution in [2.45, 2.75) is 26.0 Å². The van der Waals surface area contributed by atoms with Crippen molar-refractivity contribution in [1.82, 2.24) is 15.0 Å². The van der Waals surface area contributed by atoms with Crippen LogP contribution >= 0.6 is 0 Å². The van der Waals surface area contributed by atoms with Crippen LogP contribution in [0.3, 0.4) is 0 Å². The summed E-state index contributed by atoms with van der Waals surface area (Å²) in [5, 5.41) is 3.96. The number of nitrogens with zero attached hydrogens (tertiary/aromatic N) is 3. The molecule has 0 saturated carbocycles. The minimum absolute atomic E-state index is 0.0431. The van der Waals surface area contributed by atoms with E-state index in [1.807, 2.05) is 37.3 Å². The van der Waals surface area contributed by atoms with Crippen molar-refractivity contribution < 1.29 is 28.3 Å². The first-order valence-corrected chi connectivity index (χ1v) is 9.81. The van der Waals surface area contributed by atoms with Gasteiger partial charge in [-0.3, -0.25) is 4.90 Å². The number of esters is 1. The number of carbonyl (C=O) groups is 2. The van der Waals surface area contributed by atoms with Crippen LogP contribution in [-0.2, 0) is 16.1 Å². The molecule has 0 radical (unpaired) electrons. The van der Waals surface area contributed by atoms with Gasteiger partial charge in [-0.25, -0.2) is 9.59 Å². The van der Waals surface area contributed by atoms with E-state index in [1.54, 1.807) is 18.2 Å². The highest BCUT2D eigenvalue weighted by molar-refractivity contribution is 5.96. The number of methoxy groups -OCH3 is 1. The lowest BCUT2D eigenvalue weighted by atomic mass is 10.1. The Kier molecular flexibility index (Phi) is 5.83. The molecule has 3 aromatic rings. The molecule has 1 aliphatic heterocycles. The lowest BCUT2D eigenvalue weighted by molar-refractivity contribution is -0.136. The number of hydrogen-bond acceptors (Lipinski definition) is 8. The van der Waals surface area contributed by atoms with E-state index in [9.17, 15) is 9.59 Å². The highest BCUT2D eigenvalue weighted by atomic mass is 16.6. The quantitative estimate of drug-likeness (QED) is 0.399. The van der Waals surface area contributed by atoms with Gasteiger partial charge in [0.25, 0.3) is 5.89 Å². The molecule has 1 unspecified atom stereocenters. The van der Waals surface area contributed by atoms with Crippen molar-refractivity contribution in [3.63, 3.8) is 0 Å². The van der Waals surface area contributed by atoms with Gasteiger partial charge in [0, 0.05) is 12.1 Å². The van der Waals surface area contributed by atoms with Gasteiger partial charge in [0.2, 0.25) is 5.82 Å². The van der Waals surface area contributed by atoms with Crippen LogP contribution in [0.4, 0.5) is 4.79 Å². The molecule has 9 nitrogen and oxygen atoms in total. The Hall–Kier alpha value is -3.88. The van der Waals surface area contributed by atoms with Crippen LogP contribution < -0.4 is 9.47 Å².